The van der Waals surface area contributed by atoms with E-state index in [4.69, 9.17) is 0 Å². The van der Waals surface area contributed by atoms with Gasteiger partial charge in [0.1, 0.15) is 12.2 Å². The molecule has 0 fully saturated rings. The topological polar surface area (TPSA) is 52.5 Å². The van der Waals surface area contributed by atoms with Crippen molar-refractivity contribution < 1.29 is 10.2 Å². The summed E-state index contributed by atoms with van der Waals surface area (Å²) < 4.78 is 0. The molecule has 17 heavy (non-hydrogen) atoms. The van der Waals surface area contributed by atoms with Crippen molar-refractivity contribution >= 4 is 17.0 Å². The Balaban J connectivity index is 0.00000108. The first kappa shape index (κ1) is 12.9. The highest BCUT2D eigenvalue weighted by atomic mass is 79.9. The minimum Gasteiger partial charge on any atom is -0.388 e. The van der Waals surface area contributed by atoms with Gasteiger partial charge in [0, 0.05) is 18.7 Å². The molecule has 3 rings (SSSR count). The molecular formula is C13H18BrNO2. The van der Waals surface area contributed by atoms with Gasteiger partial charge in [0.25, 0.3) is 0 Å². The first-order valence-electron chi connectivity index (χ1n) is 5.97. The van der Waals surface area contributed by atoms with Gasteiger partial charge in [-0.1, -0.05) is 12.2 Å². The van der Waals surface area contributed by atoms with Gasteiger partial charge in [0.2, 0.25) is 0 Å². The van der Waals surface area contributed by atoms with Crippen molar-refractivity contribution in [3.63, 3.8) is 0 Å². The number of halogens is 1. The first-order valence-corrected chi connectivity index (χ1v) is 5.97. The highest BCUT2D eigenvalue weighted by molar-refractivity contribution is 8.93. The van der Waals surface area contributed by atoms with Crippen LogP contribution >= 0.6 is 17.0 Å². The Morgan fingerprint density at radius 2 is 2.06 bits per heavy atom. The average molecular weight is 300 g/mol. The maximum absolute atomic E-state index is 9.96. The van der Waals surface area contributed by atoms with Gasteiger partial charge in [0.05, 0.1) is 0 Å². The summed E-state index contributed by atoms with van der Waals surface area (Å²) in [7, 11) is 0. The Hall–Kier alpha value is -0.580. The molecule has 0 saturated carbocycles. The van der Waals surface area contributed by atoms with Crippen LogP contribution in [0.4, 0.5) is 0 Å². The van der Waals surface area contributed by atoms with E-state index in [0.29, 0.717) is 0 Å². The van der Waals surface area contributed by atoms with Crippen molar-refractivity contribution in [3.8, 4) is 0 Å². The lowest BCUT2D eigenvalue weighted by atomic mass is 9.79. The molecule has 3 N–H and O–H groups in total. The van der Waals surface area contributed by atoms with Crippen molar-refractivity contribution in [1.82, 2.24) is 5.32 Å². The molecule has 2 unspecified atom stereocenters. The standard InChI is InChI=1S/C13H17NO2.BrH/c15-12-4-3-8-7-11-9(2-1-5-14-11)6-10(8)13(12)16;/h3-4,12-16H,1-2,5-7H2;1H. The van der Waals surface area contributed by atoms with Crippen molar-refractivity contribution in [2.24, 2.45) is 0 Å². The summed E-state index contributed by atoms with van der Waals surface area (Å²) in [6.07, 6.45) is 6.27. The summed E-state index contributed by atoms with van der Waals surface area (Å²) in [5.41, 5.74) is 4.98. The molecule has 0 aromatic rings. The molecule has 0 aromatic heterocycles. The molecule has 1 aliphatic heterocycles. The second-order valence-electron chi connectivity index (χ2n) is 4.81. The highest BCUT2D eigenvalue weighted by Gasteiger charge is 2.30. The van der Waals surface area contributed by atoms with Crippen LogP contribution in [0.1, 0.15) is 25.7 Å². The van der Waals surface area contributed by atoms with Crippen LogP contribution in [0.15, 0.2) is 34.6 Å². The quantitative estimate of drug-likeness (QED) is 0.637. The van der Waals surface area contributed by atoms with Gasteiger partial charge >= 0.3 is 0 Å². The Kier molecular flexibility index (Phi) is 3.76. The van der Waals surface area contributed by atoms with Gasteiger partial charge in [0.15, 0.2) is 0 Å². The molecule has 0 spiro atoms. The predicted octanol–water partition coefficient (Wildman–Crippen LogP) is 1.58. The Morgan fingerprint density at radius 1 is 1.24 bits per heavy atom. The van der Waals surface area contributed by atoms with Crippen molar-refractivity contribution in [3.05, 3.63) is 34.6 Å². The van der Waals surface area contributed by atoms with Gasteiger partial charge < -0.3 is 15.5 Å². The van der Waals surface area contributed by atoms with Crippen LogP contribution in [-0.4, -0.2) is 29.0 Å². The normalized spacial score (nSPS) is 31.4. The van der Waals surface area contributed by atoms with Gasteiger partial charge in [-0.3, -0.25) is 0 Å². The van der Waals surface area contributed by atoms with E-state index in [1.54, 1.807) is 6.08 Å². The Morgan fingerprint density at radius 3 is 2.88 bits per heavy atom. The lowest BCUT2D eigenvalue weighted by molar-refractivity contribution is 0.0685. The van der Waals surface area contributed by atoms with Gasteiger partial charge in [-0.2, -0.15) is 0 Å². The summed E-state index contributed by atoms with van der Waals surface area (Å²) in [6, 6.07) is 0. The fraction of sp³-hybridized carbons (Fsp3) is 0.538. The van der Waals surface area contributed by atoms with E-state index in [1.807, 2.05) is 6.08 Å². The van der Waals surface area contributed by atoms with E-state index in [2.05, 4.69) is 5.32 Å². The third-order valence-electron chi connectivity index (χ3n) is 3.78. The molecule has 4 heteroatoms. The molecule has 0 amide bonds. The Labute approximate surface area is 112 Å². The molecule has 3 aliphatic rings. The van der Waals surface area contributed by atoms with Crippen LogP contribution in [0, 0.1) is 0 Å². The third kappa shape index (κ3) is 2.21. The molecular weight excluding hydrogens is 282 g/mol. The van der Waals surface area contributed by atoms with Crippen molar-refractivity contribution in [2.75, 3.05) is 6.54 Å². The fourth-order valence-corrected chi connectivity index (χ4v) is 2.83. The molecule has 0 radical (unpaired) electrons. The largest absolute Gasteiger partial charge is 0.388 e. The number of allylic oxidation sites excluding steroid dienone is 3. The molecule has 94 valence electrons. The van der Waals surface area contributed by atoms with Crippen LogP contribution < -0.4 is 5.32 Å². The number of nitrogens with one attached hydrogen (secondary N) is 1. The average Bonchev–Trinajstić information content (AvgIpc) is 2.32. The second-order valence-corrected chi connectivity index (χ2v) is 4.81. The highest BCUT2D eigenvalue weighted by Crippen LogP contribution is 2.37. The van der Waals surface area contributed by atoms with Crippen LogP contribution in [0.25, 0.3) is 0 Å². The number of aliphatic hydroxyl groups excluding tert-OH is 2. The zero-order chi connectivity index (χ0) is 11.1. The minimum absolute atomic E-state index is 0. The molecule has 0 saturated heterocycles. The number of aliphatic hydroxyl groups is 2. The van der Waals surface area contributed by atoms with Crippen LogP contribution in [0.2, 0.25) is 0 Å². The van der Waals surface area contributed by atoms with Crippen LogP contribution in [0.3, 0.4) is 0 Å². The zero-order valence-corrected chi connectivity index (χ0v) is 11.4. The maximum Gasteiger partial charge on any atom is 0.105 e. The minimum atomic E-state index is -0.725. The van der Waals surface area contributed by atoms with Crippen molar-refractivity contribution in [2.45, 2.75) is 37.9 Å². The van der Waals surface area contributed by atoms with E-state index in [9.17, 15) is 10.2 Å². The summed E-state index contributed by atoms with van der Waals surface area (Å²) in [5, 5.41) is 23.0. The molecule has 2 aliphatic carbocycles. The van der Waals surface area contributed by atoms with E-state index in [-0.39, 0.29) is 17.0 Å². The molecule has 1 heterocycles. The van der Waals surface area contributed by atoms with Gasteiger partial charge in [-0.15, -0.1) is 17.0 Å². The summed E-state index contributed by atoms with van der Waals surface area (Å²) >= 11 is 0. The second kappa shape index (κ2) is 4.96. The summed E-state index contributed by atoms with van der Waals surface area (Å²) in [6.45, 7) is 1.07. The van der Waals surface area contributed by atoms with E-state index in [1.165, 1.54) is 23.3 Å². The SMILES string of the molecule is Br.OC1C=CC2=C(CC3=C(C2)NCCC3)C1O. The number of rotatable bonds is 0. The summed E-state index contributed by atoms with van der Waals surface area (Å²) in [5.74, 6) is 0. The maximum atomic E-state index is 9.96. The predicted molar refractivity (Wildman–Crippen MR) is 72.0 cm³/mol. The number of hydrogen-bond acceptors (Lipinski definition) is 3. The zero-order valence-electron chi connectivity index (χ0n) is 9.65. The Bertz CT molecular complexity index is 412. The van der Waals surface area contributed by atoms with Crippen LogP contribution in [-0.2, 0) is 0 Å². The molecule has 0 aromatic carbocycles. The van der Waals surface area contributed by atoms with Crippen molar-refractivity contribution in [1.29, 1.82) is 0 Å². The van der Waals surface area contributed by atoms with Gasteiger partial charge in [-0.25, -0.2) is 0 Å². The monoisotopic (exact) mass is 299 g/mol. The lowest BCUT2D eigenvalue weighted by Crippen LogP contribution is -2.33. The van der Waals surface area contributed by atoms with Crippen LogP contribution in [0.5, 0.6) is 0 Å². The fourth-order valence-electron chi connectivity index (χ4n) is 2.83. The number of hydrogen-bond donors (Lipinski definition) is 3. The van der Waals surface area contributed by atoms with E-state index >= 15 is 0 Å². The van der Waals surface area contributed by atoms with E-state index < -0.39 is 12.2 Å². The first-order chi connectivity index (χ1) is 7.75. The molecule has 3 nitrogen and oxygen atoms in total. The summed E-state index contributed by atoms with van der Waals surface area (Å²) in [4.78, 5) is 0. The third-order valence-corrected chi connectivity index (χ3v) is 3.78. The molecule has 0 bridgehead atoms. The lowest BCUT2D eigenvalue weighted by Gasteiger charge is -2.33. The van der Waals surface area contributed by atoms with E-state index in [0.717, 1.165) is 31.4 Å². The molecule has 2 atom stereocenters. The smallest absolute Gasteiger partial charge is 0.105 e. The van der Waals surface area contributed by atoms with Gasteiger partial charge in [-0.05, 0) is 36.0 Å².